The van der Waals surface area contributed by atoms with E-state index < -0.39 is 23.3 Å². The van der Waals surface area contributed by atoms with Crippen LogP contribution in [0.1, 0.15) is 11.1 Å². The third kappa shape index (κ3) is 4.26. The van der Waals surface area contributed by atoms with Crippen molar-refractivity contribution in [2.45, 2.75) is 13.2 Å². The molecule has 3 rings (SSSR count). The molecule has 2 aromatic carbocycles. The molecule has 0 aromatic heterocycles. The molecule has 0 atom stereocenters. The molecule has 0 saturated carbocycles. The second-order valence-electron chi connectivity index (χ2n) is 5.85. The van der Waals surface area contributed by atoms with Gasteiger partial charge in [-0.3, -0.25) is 0 Å². The quantitative estimate of drug-likeness (QED) is 0.742. The summed E-state index contributed by atoms with van der Waals surface area (Å²) in [6, 6.07) is 5.46. The summed E-state index contributed by atoms with van der Waals surface area (Å²) >= 11 is 6.16. The molecule has 3 nitrogen and oxygen atoms in total. The fraction of sp³-hybridized carbons (Fsp3) is 0.158. The van der Waals surface area contributed by atoms with Gasteiger partial charge in [0.25, 0.3) is 0 Å². The van der Waals surface area contributed by atoms with Gasteiger partial charge in [0.1, 0.15) is 41.3 Å². The first-order chi connectivity index (χ1) is 12.9. The average molecular weight is 399 g/mol. The normalized spacial score (nSPS) is 14.1. The van der Waals surface area contributed by atoms with Gasteiger partial charge in [-0.1, -0.05) is 11.6 Å². The van der Waals surface area contributed by atoms with E-state index in [9.17, 15) is 17.6 Å². The van der Waals surface area contributed by atoms with E-state index in [2.05, 4.69) is 0 Å². The maximum atomic E-state index is 14.2. The van der Waals surface area contributed by atoms with Crippen LogP contribution in [0.3, 0.4) is 0 Å². The number of anilines is 1. The summed E-state index contributed by atoms with van der Waals surface area (Å²) in [7, 11) is 0. The van der Waals surface area contributed by atoms with E-state index in [0.717, 1.165) is 24.3 Å². The number of rotatable bonds is 5. The molecule has 2 aromatic rings. The fourth-order valence-electron chi connectivity index (χ4n) is 2.61. The van der Waals surface area contributed by atoms with E-state index >= 15 is 0 Å². The van der Waals surface area contributed by atoms with Gasteiger partial charge in [0.05, 0.1) is 11.6 Å². The minimum Gasteiger partial charge on any atom is -0.487 e. The standard InChI is InChI=1S/C19H15ClF4N2O/c20-14-9-26(19-16(23)5-11(8-25)6-17(19)24)4-3-18(14)27-10-12-1-2-13(21)7-15(12)22/h1-7H,8-10,25H2. The van der Waals surface area contributed by atoms with Crippen LogP contribution in [0.15, 0.2) is 53.4 Å². The number of hydrogen-bond acceptors (Lipinski definition) is 3. The molecular weight excluding hydrogens is 384 g/mol. The Hall–Kier alpha value is -2.51. The summed E-state index contributed by atoms with van der Waals surface area (Å²) in [4.78, 5) is 1.29. The highest BCUT2D eigenvalue weighted by Crippen LogP contribution is 2.30. The fourth-order valence-corrected chi connectivity index (χ4v) is 2.86. The summed E-state index contributed by atoms with van der Waals surface area (Å²) in [6.45, 7) is -0.187. The molecule has 0 unspecified atom stereocenters. The maximum absolute atomic E-state index is 14.2. The maximum Gasteiger partial charge on any atom is 0.150 e. The number of benzene rings is 2. The van der Waals surface area contributed by atoms with Crippen LogP contribution >= 0.6 is 11.6 Å². The van der Waals surface area contributed by atoms with Crippen molar-refractivity contribution in [3.8, 4) is 0 Å². The molecule has 0 fully saturated rings. The van der Waals surface area contributed by atoms with Gasteiger partial charge >= 0.3 is 0 Å². The van der Waals surface area contributed by atoms with E-state index in [4.69, 9.17) is 22.1 Å². The second-order valence-corrected chi connectivity index (χ2v) is 6.31. The smallest absolute Gasteiger partial charge is 0.150 e. The molecule has 0 radical (unpaired) electrons. The zero-order valence-corrected chi connectivity index (χ0v) is 14.7. The van der Waals surface area contributed by atoms with Gasteiger partial charge < -0.3 is 15.4 Å². The Kier molecular flexibility index (Phi) is 5.72. The highest BCUT2D eigenvalue weighted by Gasteiger charge is 2.21. The lowest BCUT2D eigenvalue weighted by atomic mass is 10.1. The van der Waals surface area contributed by atoms with Crippen LogP contribution in [0.2, 0.25) is 0 Å². The molecule has 0 spiro atoms. The van der Waals surface area contributed by atoms with Gasteiger partial charge in [-0.15, -0.1) is 0 Å². The Morgan fingerprint density at radius 3 is 2.33 bits per heavy atom. The Bertz CT molecular complexity index is 907. The number of nitrogens with two attached hydrogens (primary N) is 1. The minimum absolute atomic E-state index is 0.0164. The van der Waals surface area contributed by atoms with Crippen molar-refractivity contribution in [3.63, 3.8) is 0 Å². The van der Waals surface area contributed by atoms with Crippen molar-refractivity contribution < 1.29 is 22.3 Å². The molecule has 1 heterocycles. The van der Waals surface area contributed by atoms with Gasteiger partial charge in [0.2, 0.25) is 0 Å². The van der Waals surface area contributed by atoms with Crippen LogP contribution in [0, 0.1) is 23.3 Å². The van der Waals surface area contributed by atoms with Crippen molar-refractivity contribution in [1.29, 1.82) is 0 Å². The van der Waals surface area contributed by atoms with Crippen molar-refractivity contribution in [3.05, 3.63) is 87.8 Å². The Morgan fingerprint density at radius 1 is 1.04 bits per heavy atom. The van der Waals surface area contributed by atoms with Crippen molar-refractivity contribution in [2.24, 2.45) is 5.73 Å². The zero-order chi connectivity index (χ0) is 19.6. The largest absolute Gasteiger partial charge is 0.487 e. The van der Waals surface area contributed by atoms with Crippen LogP contribution in [-0.2, 0) is 17.9 Å². The number of allylic oxidation sites excluding steroid dienone is 1. The Balaban J connectivity index is 1.73. The van der Waals surface area contributed by atoms with E-state index in [1.807, 2.05) is 0 Å². The SMILES string of the molecule is NCc1cc(F)c(N2C=CC(OCc3ccc(F)cc3F)=C(Cl)C2)c(F)c1. The molecule has 142 valence electrons. The van der Waals surface area contributed by atoms with Gasteiger partial charge in [0.15, 0.2) is 0 Å². The predicted octanol–water partition coefficient (Wildman–Crippen LogP) is 4.70. The molecule has 1 aliphatic heterocycles. The van der Waals surface area contributed by atoms with Crippen LogP contribution in [-0.4, -0.2) is 6.54 Å². The van der Waals surface area contributed by atoms with Crippen molar-refractivity contribution in [2.75, 3.05) is 11.4 Å². The number of nitrogens with zero attached hydrogens (tertiary/aromatic N) is 1. The zero-order valence-electron chi connectivity index (χ0n) is 14.0. The molecule has 1 aliphatic rings. The second kappa shape index (κ2) is 8.02. The highest BCUT2D eigenvalue weighted by atomic mass is 35.5. The lowest BCUT2D eigenvalue weighted by Gasteiger charge is -2.26. The van der Waals surface area contributed by atoms with Crippen LogP contribution in [0.25, 0.3) is 0 Å². The van der Waals surface area contributed by atoms with E-state index in [-0.39, 0.29) is 41.7 Å². The summed E-state index contributed by atoms with van der Waals surface area (Å²) < 4.78 is 60.5. The van der Waals surface area contributed by atoms with E-state index in [0.29, 0.717) is 5.56 Å². The van der Waals surface area contributed by atoms with Gasteiger partial charge in [-0.05, 0) is 35.9 Å². The third-order valence-corrected chi connectivity index (χ3v) is 4.29. The van der Waals surface area contributed by atoms with Crippen LogP contribution in [0.4, 0.5) is 23.2 Å². The monoisotopic (exact) mass is 398 g/mol. The van der Waals surface area contributed by atoms with Crippen LogP contribution < -0.4 is 10.6 Å². The van der Waals surface area contributed by atoms with Crippen LogP contribution in [0.5, 0.6) is 0 Å². The van der Waals surface area contributed by atoms with E-state index in [1.165, 1.54) is 23.2 Å². The molecule has 0 bridgehead atoms. The summed E-state index contributed by atoms with van der Waals surface area (Å²) in [5, 5.41) is 0.182. The average Bonchev–Trinajstić information content (AvgIpc) is 2.61. The van der Waals surface area contributed by atoms with E-state index in [1.54, 1.807) is 0 Å². The van der Waals surface area contributed by atoms with Gasteiger partial charge in [0, 0.05) is 24.4 Å². The number of ether oxygens (including phenoxy) is 1. The third-order valence-electron chi connectivity index (χ3n) is 3.98. The Labute approximate surface area is 158 Å². The molecule has 0 aliphatic carbocycles. The van der Waals surface area contributed by atoms with Gasteiger partial charge in [-0.25, -0.2) is 17.6 Å². The topological polar surface area (TPSA) is 38.5 Å². The first-order valence-electron chi connectivity index (χ1n) is 7.97. The molecule has 0 amide bonds. The first kappa shape index (κ1) is 19.3. The lowest BCUT2D eigenvalue weighted by molar-refractivity contribution is 0.204. The van der Waals surface area contributed by atoms with Crippen molar-refractivity contribution in [1.82, 2.24) is 0 Å². The summed E-state index contributed by atoms with van der Waals surface area (Å²) in [6.07, 6.45) is 2.83. The van der Waals surface area contributed by atoms with Gasteiger partial charge in [-0.2, -0.15) is 0 Å². The Morgan fingerprint density at radius 2 is 1.74 bits per heavy atom. The predicted molar refractivity (Wildman–Crippen MR) is 94.8 cm³/mol. The van der Waals surface area contributed by atoms with Crippen molar-refractivity contribution >= 4 is 17.3 Å². The summed E-state index contributed by atoms with van der Waals surface area (Å²) in [5.74, 6) is -2.72. The molecular formula is C19H15ClF4N2O. The number of hydrogen-bond donors (Lipinski definition) is 1. The molecule has 8 heteroatoms. The molecule has 2 N–H and O–H groups in total. The first-order valence-corrected chi connectivity index (χ1v) is 8.35. The highest BCUT2D eigenvalue weighted by molar-refractivity contribution is 6.30. The molecule has 27 heavy (non-hydrogen) atoms. The minimum atomic E-state index is -0.762. The molecule has 0 saturated heterocycles. The lowest BCUT2D eigenvalue weighted by Crippen LogP contribution is -2.24. The number of halogens is 5. The summed E-state index contributed by atoms with van der Waals surface area (Å²) in [5.41, 5.74) is 5.63.